The summed E-state index contributed by atoms with van der Waals surface area (Å²) in [6.07, 6.45) is 1.11. The quantitative estimate of drug-likeness (QED) is 0.749. The molecule has 0 bridgehead atoms. The van der Waals surface area contributed by atoms with Gasteiger partial charge in [-0.3, -0.25) is 9.69 Å². The van der Waals surface area contributed by atoms with Crippen LogP contribution in [0.1, 0.15) is 28.4 Å². The Morgan fingerprint density at radius 2 is 1.89 bits per heavy atom. The van der Waals surface area contributed by atoms with Crippen LogP contribution >= 0.6 is 0 Å². The van der Waals surface area contributed by atoms with Crippen molar-refractivity contribution in [3.05, 3.63) is 69.0 Å². The normalized spacial score (nSPS) is 13.9. The number of halogens is 2. The number of benzene rings is 2. The molecule has 0 atom stereocenters. The first-order valence-corrected chi connectivity index (χ1v) is 8.91. The van der Waals surface area contributed by atoms with E-state index in [4.69, 9.17) is 0 Å². The lowest BCUT2D eigenvalue weighted by atomic mass is 9.97. The van der Waals surface area contributed by atoms with Crippen molar-refractivity contribution in [3.8, 4) is 11.1 Å². The van der Waals surface area contributed by atoms with Crippen molar-refractivity contribution in [3.63, 3.8) is 0 Å². The van der Waals surface area contributed by atoms with Crippen LogP contribution in [0.4, 0.5) is 8.78 Å². The molecule has 1 aliphatic rings. The summed E-state index contributed by atoms with van der Waals surface area (Å²) in [5.41, 5.74) is 0.801. The molecule has 1 aromatic heterocycles. The molecule has 28 heavy (non-hydrogen) atoms. The van der Waals surface area contributed by atoms with Crippen LogP contribution in [-0.4, -0.2) is 27.6 Å². The van der Waals surface area contributed by atoms with Crippen molar-refractivity contribution in [2.24, 2.45) is 0 Å². The number of aryl methyl sites for hydroxylation is 1. The van der Waals surface area contributed by atoms with E-state index in [9.17, 15) is 19.1 Å². The second kappa shape index (κ2) is 6.53. The lowest BCUT2D eigenvalue weighted by Gasteiger charge is -2.15. The van der Waals surface area contributed by atoms with Crippen LogP contribution < -0.4 is 5.43 Å². The second-order valence-corrected chi connectivity index (χ2v) is 7.06. The Morgan fingerprint density at radius 1 is 1.18 bits per heavy atom. The molecule has 144 valence electrons. The lowest BCUT2D eigenvalue weighted by Crippen LogP contribution is -2.20. The third-order valence-electron chi connectivity index (χ3n) is 5.20. The number of carboxylic acid groups (broad SMARTS) is 1. The molecule has 4 rings (SSSR count). The van der Waals surface area contributed by atoms with Gasteiger partial charge >= 0.3 is 5.97 Å². The summed E-state index contributed by atoms with van der Waals surface area (Å²) in [4.78, 5) is 25.9. The van der Waals surface area contributed by atoms with E-state index in [0.717, 1.165) is 29.9 Å². The monoisotopic (exact) mass is 384 g/mol. The van der Waals surface area contributed by atoms with E-state index >= 15 is 4.39 Å². The molecule has 7 heteroatoms. The van der Waals surface area contributed by atoms with Crippen molar-refractivity contribution in [1.82, 2.24) is 9.47 Å². The fourth-order valence-corrected chi connectivity index (χ4v) is 3.87. The van der Waals surface area contributed by atoms with Crippen LogP contribution in [0.15, 0.2) is 35.3 Å². The lowest BCUT2D eigenvalue weighted by molar-refractivity contribution is 0.0695. The number of fused-ring (bicyclic) bond motifs is 2. The van der Waals surface area contributed by atoms with Crippen LogP contribution in [0, 0.1) is 11.6 Å². The first-order valence-electron chi connectivity index (χ1n) is 8.91. The standard InChI is InChI=1S/C21H18F2N2O3/c1-3-25-10-15(21(27)28)20(26)14-7-16(22)17(18(23)19(14)25)11-4-5-12-8-24(2)9-13(12)6-11/h4-7,10H,3,8-9H2,1-2H3,(H,27,28). The number of aromatic carboxylic acids is 1. The first-order chi connectivity index (χ1) is 13.3. The zero-order chi connectivity index (χ0) is 20.2. The van der Waals surface area contributed by atoms with Gasteiger partial charge in [-0.2, -0.15) is 0 Å². The van der Waals surface area contributed by atoms with Gasteiger partial charge in [0.1, 0.15) is 11.4 Å². The molecule has 0 spiro atoms. The largest absolute Gasteiger partial charge is 0.477 e. The highest BCUT2D eigenvalue weighted by Gasteiger charge is 2.24. The van der Waals surface area contributed by atoms with E-state index in [1.54, 1.807) is 19.1 Å². The number of aromatic nitrogens is 1. The van der Waals surface area contributed by atoms with Gasteiger partial charge in [0.2, 0.25) is 5.43 Å². The minimum absolute atomic E-state index is 0.0912. The van der Waals surface area contributed by atoms with Crippen molar-refractivity contribution in [2.45, 2.75) is 26.6 Å². The van der Waals surface area contributed by atoms with Gasteiger partial charge < -0.3 is 9.67 Å². The predicted octanol–water partition coefficient (Wildman–Crippen LogP) is 3.61. The SMILES string of the molecule is CCn1cc(C(=O)O)c(=O)c2cc(F)c(-c3ccc4c(c3)CN(C)C4)c(F)c21. The number of carboxylic acids is 1. The summed E-state index contributed by atoms with van der Waals surface area (Å²) < 4.78 is 31.7. The van der Waals surface area contributed by atoms with Gasteiger partial charge in [-0.15, -0.1) is 0 Å². The van der Waals surface area contributed by atoms with Gasteiger partial charge in [-0.25, -0.2) is 13.6 Å². The highest BCUT2D eigenvalue weighted by molar-refractivity contribution is 5.94. The molecule has 1 N–H and O–H groups in total. The van der Waals surface area contributed by atoms with E-state index in [2.05, 4.69) is 4.90 Å². The van der Waals surface area contributed by atoms with Crippen molar-refractivity contribution in [1.29, 1.82) is 0 Å². The smallest absolute Gasteiger partial charge is 0.341 e. The molecule has 0 unspecified atom stereocenters. The summed E-state index contributed by atoms with van der Waals surface area (Å²) in [5.74, 6) is -3.18. The second-order valence-electron chi connectivity index (χ2n) is 7.06. The molecule has 0 aliphatic carbocycles. The van der Waals surface area contributed by atoms with Crippen molar-refractivity contribution < 1.29 is 18.7 Å². The summed E-state index contributed by atoms with van der Waals surface area (Å²) in [6.45, 7) is 3.41. The topological polar surface area (TPSA) is 62.5 Å². The minimum atomic E-state index is -1.43. The van der Waals surface area contributed by atoms with Gasteiger partial charge in [0.05, 0.1) is 16.5 Å². The van der Waals surface area contributed by atoms with Gasteiger partial charge in [-0.05, 0) is 42.8 Å². The maximum Gasteiger partial charge on any atom is 0.341 e. The Hall–Kier alpha value is -3.06. The maximum absolute atomic E-state index is 15.4. The van der Waals surface area contributed by atoms with Crippen LogP contribution in [0.3, 0.4) is 0 Å². The fourth-order valence-electron chi connectivity index (χ4n) is 3.87. The number of carbonyl (C=O) groups is 1. The molecule has 0 radical (unpaired) electrons. The van der Waals surface area contributed by atoms with E-state index in [-0.39, 0.29) is 23.0 Å². The molecule has 0 fully saturated rings. The van der Waals surface area contributed by atoms with Crippen LogP contribution in [0.5, 0.6) is 0 Å². The van der Waals surface area contributed by atoms with Crippen LogP contribution in [0.2, 0.25) is 0 Å². The van der Waals surface area contributed by atoms with E-state index in [1.807, 2.05) is 13.1 Å². The van der Waals surface area contributed by atoms with Gasteiger partial charge in [0.15, 0.2) is 5.82 Å². The third kappa shape index (κ3) is 2.70. The molecule has 0 saturated carbocycles. The summed E-state index contributed by atoms with van der Waals surface area (Å²) in [7, 11) is 1.97. The van der Waals surface area contributed by atoms with E-state index in [1.165, 1.54) is 4.57 Å². The predicted molar refractivity (Wildman–Crippen MR) is 101 cm³/mol. The Morgan fingerprint density at radius 3 is 2.57 bits per heavy atom. The van der Waals surface area contributed by atoms with Crippen molar-refractivity contribution in [2.75, 3.05) is 7.05 Å². The molecule has 0 saturated heterocycles. The minimum Gasteiger partial charge on any atom is -0.477 e. The number of nitrogens with zero attached hydrogens (tertiary/aromatic N) is 2. The highest BCUT2D eigenvalue weighted by atomic mass is 19.1. The first kappa shape index (κ1) is 18.3. The zero-order valence-corrected chi connectivity index (χ0v) is 15.4. The molecular formula is C21H18F2N2O3. The molecule has 2 aromatic carbocycles. The number of hydrogen-bond acceptors (Lipinski definition) is 3. The molecule has 1 aliphatic heterocycles. The number of hydrogen-bond donors (Lipinski definition) is 1. The average molecular weight is 384 g/mol. The average Bonchev–Trinajstić information content (AvgIpc) is 3.01. The van der Waals surface area contributed by atoms with Gasteiger partial charge in [0, 0.05) is 25.8 Å². The van der Waals surface area contributed by atoms with E-state index in [0.29, 0.717) is 12.1 Å². The van der Waals surface area contributed by atoms with Crippen LogP contribution in [0.25, 0.3) is 22.0 Å². The fraction of sp³-hybridized carbons (Fsp3) is 0.238. The van der Waals surface area contributed by atoms with Gasteiger partial charge in [-0.1, -0.05) is 12.1 Å². The number of rotatable bonds is 3. The Labute approximate surface area is 159 Å². The number of pyridine rings is 1. The third-order valence-corrected chi connectivity index (χ3v) is 5.20. The summed E-state index contributed by atoms with van der Waals surface area (Å²) in [5, 5.41) is 8.95. The Bertz CT molecular complexity index is 1200. The zero-order valence-electron chi connectivity index (χ0n) is 15.4. The molecule has 0 amide bonds. The Balaban J connectivity index is 2.02. The summed E-state index contributed by atoms with van der Waals surface area (Å²) >= 11 is 0. The van der Waals surface area contributed by atoms with Crippen LogP contribution in [-0.2, 0) is 19.6 Å². The van der Waals surface area contributed by atoms with Crippen molar-refractivity contribution >= 4 is 16.9 Å². The molecule has 5 nitrogen and oxygen atoms in total. The summed E-state index contributed by atoms with van der Waals surface area (Å²) in [6, 6.07) is 6.24. The molecule has 2 heterocycles. The maximum atomic E-state index is 15.4. The molecular weight excluding hydrogens is 366 g/mol. The van der Waals surface area contributed by atoms with E-state index < -0.39 is 28.6 Å². The highest BCUT2D eigenvalue weighted by Crippen LogP contribution is 2.34. The molecule has 3 aromatic rings. The Kier molecular flexibility index (Phi) is 4.27. The van der Waals surface area contributed by atoms with Gasteiger partial charge in [0.25, 0.3) is 0 Å².